The molecule has 0 bridgehead atoms. The molecule has 1 amide bonds. The van der Waals surface area contributed by atoms with Crippen molar-refractivity contribution in [3.05, 3.63) is 0 Å². The van der Waals surface area contributed by atoms with Crippen molar-refractivity contribution >= 4 is 5.91 Å². The topological polar surface area (TPSA) is 43.1 Å². The number of unbranched alkanes of at least 4 members (excludes halogenated alkanes) is 2. The summed E-state index contributed by atoms with van der Waals surface area (Å²) in [6, 6.07) is 0. The highest BCUT2D eigenvalue weighted by Crippen LogP contribution is 2.39. The average Bonchev–Trinajstić information content (AvgIpc) is 2.53. The first-order valence-electron chi connectivity index (χ1n) is 10.1. The zero-order valence-corrected chi connectivity index (χ0v) is 16.8. The molecule has 0 aromatic carbocycles. The standard InChI is InChI=1S/C21H43NO/c1-7-11-13-17(9-3)15-19(21(5,6)20(22)23)16-18(10-4)14-12-8-2/h17-19H,7-16H2,1-6H3,(H2,22,23). The van der Waals surface area contributed by atoms with Crippen molar-refractivity contribution in [3.63, 3.8) is 0 Å². The summed E-state index contributed by atoms with van der Waals surface area (Å²) >= 11 is 0. The van der Waals surface area contributed by atoms with Gasteiger partial charge in [-0.15, -0.1) is 0 Å². The van der Waals surface area contributed by atoms with Crippen LogP contribution >= 0.6 is 0 Å². The molecule has 0 aliphatic heterocycles. The van der Waals surface area contributed by atoms with Gasteiger partial charge in [0.25, 0.3) is 0 Å². The maximum atomic E-state index is 12.1. The van der Waals surface area contributed by atoms with Crippen molar-refractivity contribution in [2.24, 2.45) is 28.9 Å². The van der Waals surface area contributed by atoms with Crippen molar-refractivity contribution in [1.29, 1.82) is 0 Å². The summed E-state index contributed by atoms with van der Waals surface area (Å²) in [5, 5.41) is 0. The van der Waals surface area contributed by atoms with E-state index in [2.05, 4.69) is 41.5 Å². The van der Waals surface area contributed by atoms with E-state index in [4.69, 9.17) is 5.73 Å². The Labute approximate surface area is 146 Å². The first-order valence-corrected chi connectivity index (χ1v) is 10.1. The molecule has 2 heteroatoms. The summed E-state index contributed by atoms with van der Waals surface area (Å²) in [7, 11) is 0. The summed E-state index contributed by atoms with van der Waals surface area (Å²) in [5.74, 6) is 1.77. The molecule has 0 aromatic heterocycles. The van der Waals surface area contributed by atoms with Crippen LogP contribution in [0.3, 0.4) is 0 Å². The van der Waals surface area contributed by atoms with E-state index >= 15 is 0 Å². The average molecular weight is 326 g/mol. The van der Waals surface area contributed by atoms with E-state index in [1.807, 2.05) is 0 Å². The first kappa shape index (κ1) is 22.5. The van der Waals surface area contributed by atoms with Gasteiger partial charge in [0, 0.05) is 5.41 Å². The van der Waals surface area contributed by atoms with E-state index in [1.54, 1.807) is 0 Å². The van der Waals surface area contributed by atoms with Crippen LogP contribution in [0.4, 0.5) is 0 Å². The second-order valence-corrected chi connectivity index (χ2v) is 8.09. The summed E-state index contributed by atoms with van der Waals surface area (Å²) in [6.45, 7) is 13.2. The maximum Gasteiger partial charge on any atom is 0.223 e. The van der Waals surface area contributed by atoms with Crippen LogP contribution in [0.15, 0.2) is 0 Å². The Balaban J connectivity index is 5.03. The van der Waals surface area contributed by atoms with Crippen LogP contribution in [0, 0.1) is 23.2 Å². The second-order valence-electron chi connectivity index (χ2n) is 8.09. The molecule has 0 saturated carbocycles. The van der Waals surface area contributed by atoms with E-state index in [-0.39, 0.29) is 11.3 Å². The summed E-state index contributed by atoms with van der Waals surface area (Å²) in [4.78, 5) is 12.1. The SMILES string of the molecule is CCCCC(CC)CC(CC(CC)CCCC)C(C)(C)C(N)=O. The molecule has 2 N–H and O–H groups in total. The molecule has 0 heterocycles. The number of carbonyl (C=O) groups is 1. The summed E-state index contributed by atoms with van der Waals surface area (Å²) in [6.07, 6.45) is 12.5. The minimum absolute atomic E-state index is 0.127. The van der Waals surface area contributed by atoms with Crippen molar-refractivity contribution in [2.45, 2.75) is 106 Å². The first-order chi connectivity index (χ1) is 10.8. The molecule has 0 radical (unpaired) electrons. The van der Waals surface area contributed by atoms with Crippen LogP contribution < -0.4 is 5.73 Å². The third-order valence-electron chi connectivity index (χ3n) is 5.98. The van der Waals surface area contributed by atoms with Crippen LogP contribution in [0.1, 0.15) is 106 Å². The third kappa shape index (κ3) is 8.22. The Morgan fingerprint density at radius 3 is 1.52 bits per heavy atom. The van der Waals surface area contributed by atoms with E-state index < -0.39 is 0 Å². The van der Waals surface area contributed by atoms with Gasteiger partial charge >= 0.3 is 0 Å². The number of hydrogen-bond acceptors (Lipinski definition) is 1. The molecule has 2 atom stereocenters. The van der Waals surface area contributed by atoms with Gasteiger partial charge < -0.3 is 5.73 Å². The Kier molecular flexibility index (Phi) is 11.6. The number of hydrogen-bond donors (Lipinski definition) is 1. The lowest BCUT2D eigenvalue weighted by Gasteiger charge is -2.36. The Morgan fingerprint density at radius 2 is 1.26 bits per heavy atom. The largest absolute Gasteiger partial charge is 0.369 e. The normalized spacial score (nSPS) is 16.1. The van der Waals surface area contributed by atoms with Gasteiger partial charge in [0.1, 0.15) is 0 Å². The smallest absolute Gasteiger partial charge is 0.223 e. The monoisotopic (exact) mass is 325 g/mol. The molecule has 0 aromatic rings. The fraction of sp³-hybridized carbons (Fsp3) is 0.952. The van der Waals surface area contributed by atoms with Gasteiger partial charge in [-0.25, -0.2) is 0 Å². The highest BCUT2D eigenvalue weighted by Gasteiger charge is 2.37. The zero-order chi connectivity index (χ0) is 17.9. The lowest BCUT2D eigenvalue weighted by Crippen LogP contribution is -2.40. The number of primary amides is 1. The van der Waals surface area contributed by atoms with Crippen LogP contribution in [0.25, 0.3) is 0 Å². The highest BCUT2D eigenvalue weighted by atomic mass is 16.1. The lowest BCUT2D eigenvalue weighted by atomic mass is 9.68. The Bertz CT molecular complexity index is 293. The fourth-order valence-corrected chi connectivity index (χ4v) is 3.65. The van der Waals surface area contributed by atoms with Gasteiger partial charge in [-0.05, 0) is 30.6 Å². The molecule has 2 unspecified atom stereocenters. The zero-order valence-electron chi connectivity index (χ0n) is 16.8. The van der Waals surface area contributed by atoms with Crippen molar-refractivity contribution in [3.8, 4) is 0 Å². The molecule has 0 aliphatic carbocycles. The third-order valence-corrected chi connectivity index (χ3v) is 5.98. The van der Waals surface area contributed by atoms with Crippen molar-refractivity contribution in [2.75, 3.05) is 0 Å². The van der Waals surface area contributed by atoms with Crippen molar-refractivity contribution < 1.29 is 4.79 Å². The van der Waals surface area contributed by atoms with Gasteiger partial charge in [0.2, 0.25) is 5.91 Å². The van der Waals surface area contributed by atoms with E-state index in [1.165, 1.54) is 51.4 Å². The lowest BCUT2D eigenvalue weighted by molar-refractivity contribution is -0.129. The molecule has 0 aliphatic rings. The molecule has 0 saturated heterocycles. The van der Waals surface area contributed by atoms with Gasteiger partial charge in [-0.3, -0.25) is 4.79 Å². The summed E-state index contributed by atoms with van der Waals surface area (Å²) in [5.41, 5.74) is 5.38. The quantitative estimate of drug-likeness (QED) is 0.398. The van der Waals surface area contributed by atoms with Gasteiger partial charge in [-0.1, -0.05) is 92.9 Å². The van der Waals surface area contributed by atoms with Crippen LogP contribution in [-0.2, 0) is 4.79 Å². The second kappa shape index (κ2) is 11.9. The van der Waals surface area contributed by atoms with Gasteiger partial charge in [0.05, 0.1) is 0 Å². The van der Waals surface area contributed by atoms with Crippen LogP contribution in [-0.4, -0.2) is 5.91 Å². The molecular weight excluding hydrogens is 282 g/mol. The predicted octanol–water partition coefficient (Wildman–Crippen LogP) is 6.33. The minimum atomic E-state index is -0.390. The van der Waals surface area contributed by atoms with Crippen molar-refractivity contribution in [1.82, 2.24) is 0 Å². The number of nitrogens with two attached hydrogens (primary N) is 1. The van der Waals surface area contributed by atoms with E-state index in [0.717, 1.165) is 24.7 Å². The molecule has 0 rings (SSSR count). The summed E-state index contributed by atoms with van der Waals surface area (Å²) < 4.78 is 0. The molecule has 0 spiro atoms. The maximum absolute atomic E-state index is 12.1. The molecule has 138 valence electrons. The van der Waals surface area contributed by atoms with E-state index in [9.17, 15) is 4.79 Å². The van der Waals surface area contributed by atoms with Gasteiger partial charge in [-0.2, -0.15) is 0 Å². The van der Waals surface area contributed by atoms with Crippen LogP contribution in [0.2, 0.25) is 0 Å². The Hall–Kier alpha value is -0.530. The number of rotatable bonds is 14. The molecule has 2 nitrogen and oxygen atoms in total. The Morgan fingerprint density at radius 1 is 0.870 bits per heavy atom. The fourth-order valence-electron chi connectivity index (χ4n) is 3.65. The number of amides is 1. The minimum Gasteiger partial charge on any atom is -0.369 e. The molecule has 23 heavy (non-hydrogen) atoms. The molecular formula is C21H43NO. The highest BCUT2D eigenvalue weighted by molar-refractivity contribution is 5.80. The van der Waals surface area contributed by atoms with Crippen LogP contribution in [0.5, 0.6) is 0 Å². The molecule has 0 fully saturated rings. The number of carbonyl (C=O) groups excluding carboxylic acids is 1. The van der Waals surface area contributed by atoms with E-state index in [0.29, 0.717) is 5.92 Å². The predicted molar refractivity (Wildman–Crippen MR) is 102 cm³/mol. The van der Waals surface area contributed by atoms with Gasteiger partial charge in [0.15, 0.2) is 0 Å².